The Labute approximate surface area is 326 Å². The lowest BCUT2D eigenvalue weighted by Gasteiger charge is -2.37. The van der Waals surface area contributed by atoms with Crippen molar-refractivity contribution < 1.29 is 33.8 Å². The van der Waals surface area contributed by atoms with Crippen molar-refractivity contribution >= 4 is 37.4 Å². The summed E-state index contributed by atoms with van der Waals surface area (Å²) in [6, 6.07) is 19.8. The van der Waals surface area contributed by atoms with Crippen LogP contribution in [0.1, 0.15) is 74.0 Å². The van der Waals surface area contributed by atoms with E-state index in [2.05, 4.69) is 38.2 Å². The molecule has 6 rings (SSSR count). The predicted molar refractivity (Wildman–Crippen MR) is 218 cm³/mol. The van der Waals surface area contributed by atoms with Gasteiger partial charge in [0.05, 0.1) is 38.0 Å². The maximum absolute atomic E-state index is 15.0. The smallest absolute Gasteiger partial charge is 0.264 e. The molecule has 0 aliphatic carbocycles. The van der Waals surface area contributed by atoms with Crippen LogP contribution in [-0.2, 0) is 32.9 Å². The van der Waals surface area contributed by atoms with Crippen molar-refractivity contribution in [2.24, 2.45) is 5.92 Å². The van der Waals surface area contributed by atoms with E-state index in [1.165, 1.54) is 5.57 Å². The number of rotatable bonds is 12. The molecule has 3 N–H and O–H groups in total. The summed E-state index contributed by atoms with van der Waals surface area (Å²) >= 11 is 0. The van der Waals surface area contributed by atoms with E-state index < -0.39 is 31.5 Å². The molecule has 3 aliphatic rings. The molecule has 0 aromatic heterocycles. The number of methoxy groups -OCH3 is 1. The minimum Gasteiger partial charge on any atom is -0.497 e. The van der Waals surface area contributed by atoms with Crippen LogP contribution in [0.5, 0.6) is 5.75 Å². The second-order valence-electron chi connectivity index (χ2n) is 16.1. The van der Waals surface area contributed by atoms with Gasteiger partial charge in [0.15, 0.2) is 13.9 Å². The fourth-order valence-corrected chi connectivity index (χ4v) is 11.3. The number of carbonyl (C=O) groups is 3. The van der Waals surface area contributed by atoms with Gasteiger partial charge in [-0.1, -0.05) is 54.5 Å². The lowest BCUT2D eigenvalue weighted by molar-refractivity contribution is -0.150. The number of carbonyl (C=O) groups excluding carboxylic acids is 3. The van der Waals surface area contributed by atoms with Crippen molar-refractivity contribution in [1.29, 1.82) is 0 Å². The molecule has 0 unspecified atom stereocenters. The molecule has 292 valence electrons. The van der Waals surface area contributed by atoms with Crippen molar-refractivity contribution in [3.63, 3.8) is 0 Å². The maximum Gasteiger partial charge on any atom is 0.264 e. The van der Waals surface area contributed by atoms with Gasteiger partial charge in [-0.05, 0) is 107 Å². The molecule has 55 heavy (non-hydrogen) atoms. The number of allylic oxidation sites excluding steroid dienone is 3. The van der Waals surface area contributed by atoms with Crippen LogP contribution in [0.25, 0.3) is 0 Å². The molecule has 3 aliphatic heterocycles. The number of anilines is 2. The second-order valence-corrected chi connectivity index (χ2v) is 20.1. The number of hydrogen-bond donors (Lipinski definition) is 3. The molecule has 1 saturated heterocycles. The van der Waals surface area contributed by atoms with Crippen LogP contribution in [-0.4, -0.2) is 73.2 Å². The molecule has 3 aromatic rings. The average Bonchev–Trinajstić information content (AvgIpc) is 3.58. The Bertz CT molecular complexity index is 1980. The van der Waals surface area contributed by atoms with E-state index in [4.69, 9.17) is 9.47 Å². The topological polar surface area (TPSA) is 129 Å². The Kier molecular flexibility index (Phi) is 11.9. The van der Waals surface area contributed by atoms with Gasteiger partial charge in [0.2, 0.25) is 5.91 Å². The quantitative estimate of drug-likeness (QED) is 0.132. The first-order valence-corrected chi connectivity index (χ1v) is 22.3. The van der Waals surface area contributed by atoms with Crippen LogP contribution < -0.4 is 15.0 Å². The van der Waals surface area contributed by atoms with Crippen molar-refractivity contribution in [1.82, 2.24) is 4.90 Å². The molecule has 0 saturated carbocycles. The highest BCUT2D eigenvalue weighted by molar-refractivity contribution is 6.71. The maximum atomic E-state index is 15.0. The molecular formula is C44H55N3O7Si. The summed E-state index contributed by atoms with van der Waals surface area (Å²) in [6.45, 7) is 12.4. The number of nitrogens with one attached hydrogen (secondary N) is 1. The van der Waals surface area contributed by atoms with Gasteiger partial charge in [0, 0.05) is 41.4 Å². The highest BCUT2D eigenvalue weighted by Gasteiger charge is 2.66. The van der Waals surface area contributed by atoms with E-state index in [9.17, 15) is 19.5 Å². The minimum absolute atomic E-state index is 0.0493. The highest BCUT2D eigenvalue weighted by Crippen LogP contribution is 2.60. The number of nitrogens with zero attached hydrogens (tertiary/aromatic N) is 2. The molecule has 3 aromatic carbocycles. The number of amides is 3. The molecule has 1 fully saturated rings. The lowest BCUT2D eigenvalue weighted by atomic mass is 9.82. The molecule has 0 radical (unpaired) electrons. The zero-order valence-corrected chi connectivity index (χ0v) is 34.1. The van der Waals surface area contributed by atoms with Crippen LogP contribution in [0.2, 0.25) is 18.6 Å². The van der Waals surface area contributed by atoms with E-state index in [-0.39, 0.29) is 36.8 Å². The summed E-state index contributed by atoms with van der Waals surface area (Å²) < 4.78 is 12.3. The summed E-state index contributed by atoms with van der Waals surface area (Å²) in [7, 11) is -1.51. The van der Waals surface area contributed by atoms with E-state index in [1.54, 1.807) is 47.2 Å². The van der Waals surface area contributed by atoms with Gasteiger partial charge in [-0.15, -0.1) is 0 Å². The van der Waals surface area contributed by atoms with E-state index in [1.807, 2.05) is 56.4 Å². The minimum atomic E-state index is -3.08. The van der Waals surface area contributed by atoms with Crippen molar-refractivity contribution in [2.45, 2.75) is 96.3 Å². The Morgan fingerprint density at radius 3 is 2.40 bits per heavy atom. The van der Waals surface area contributed by atoms with Gasteiger partial charge in [0.25, 0.3) is 11.8 Å². The summed E-state index contributed by atoms with van der Waals surface area (Å²) in [5.41, 5.74) is 4.80. The zero-order valence-electron chi connectivity index (χ0n) is 33.1. The third-order valence-corrected chi connectivity index (χ3v) is 14.1. The van der Waals surface area contributed by atoms with Crippen molar-refractivity contribution in [3.8, 4) is 5.75 Å². The summed E-state index contributed by atoms with van der Waals surface area (Å²) in [5, 5.41) is 13.4. The molecule has 10 nitrogen and oxygen atoms in total. The van der Waals surface area contributed by atoms with Crippen LogP contribution in [0.3, 0.4) is 0 Å². The van der Waals surface area contributed by atoms with E-state index >= 15 is 4.79 Å². The third kappa shape index (κ3) is 8.07. The van der Waals surface area contributed by atoms with Gasteiger partial charge >= 0.3 is 0 Å². The van der Waals surface area contributed by atoms with Gasteiger partial charge in [-0.3, -0.25) is 14.4 Å². The average molecular weight is 766 g/mol. The molecule has 3 amide bonds. The fraction of sp³-hybridized carbons (Fsp3) is 0.432. The third-order valence-electron chi connectivity index (χ3n) is 11.6. The largest absolute Gasteiger partial charge is 0.497 e. The Balaban J connectivity index is 1.36. The standard InChI is InChI=1S/C44H55N3O7Si/c1-28(2)11-10-12-29(3)21-22-46-38-20-17-34(45-42(50)31-15-18-36(53-5)19-16-31)24-37(38)44(43(46)51)30(4)41(55(6,7)52)39(54-44)25-40(49)47-26-33-14-9-8-13-32(33)23-35(47)27-48/h8-9,11,13-21,24,30,35,39,41,48,52H,10,12,22-23,25-27H2,1-7H3,(H,45,50)/b29-21+/t30-,35+,39+,41-,44+/m1/s1. The van der Waals surface area contributed by atoms with Crippen molar-refractivity contribution in [2.75, 3.05) is 30.5 Å². The molecule has 1 spiro atoms. The number of ether oxygens (including phenoxy) is 2. The summed E-state index contributed by atoms with van der Waals surface area (Å²) in [6.07, 6.45) is 5.77. The number of fused-ring (bicyclic) bond motifs is 3. The van der Waals surface area contributed by atoms with Crippen LogP contribution in [0, 0.1) is 5.92 Å². The first-order chi connectivity index (χ1) is 26.2. The Morgan fingerprint density at radius 2 is 1.75 bits per heavy atom. The fourth-order valence-electron chi connectivity index (χ4n) is 8.75. The molecular weight excluding hydrogens is 711 g/mol. The lowest BCUT2D eigenvalue weighted by Crippen LogP contribution is -2.48. The number of aliphatic hydroxyl groups is 1. The van der Waals surface area contributed by atoms with Gasteiger partial charge < -0.3 is 34.5 Å². The van der Waals surface area contributed by atoms with E-state index in [0.717, 1.165) is 29.5 Å². The molecule has 0 bridgehead atoms. The summed E-state index contributed by atoms with van der Waals surface area (Å²) in [5.74, 6) is -0.623. The first kappa shape index (κ1) is 40.1. The van der Waals surface area contributed by atoms with Gasteiger partial charge in [-0.2, -0.15) is 0 Å². The molecule has 11 heteroatoms. The molecule has 3 heterocycles. The van der Waals surface area contributed by atoms with E-state index in [0.29, 0.717) is 47.8 Å². The normalized spacial score (nSPS) is 23.4. The van der Waals surface area contributed by atoms with Crippen LogP contribution in [0.15, 0.2) is 90.0 Å². The number of aliphatic hydroxyl groups excluding tert-OH is 1. The van der Waals surface area contributed by atoms with Crippen LogP contribution >= 0.6 is 0 Å². The first-order valence-electron chi connectivity index (χ1n) is 19.3. The van der Waals surface area contributed by atoms with Crippen LogP contribution in [0.4, 0.5) is 11.4 Å². The number of benzene rings is 3. The second kappa shape index (κ2) is 16.3. The van der Waals surface area contributed by atoms with Gasteiger partial charge in [-0.25, -0.2) is 0 Å². The SMILES string of the molecule is COc1ccc(C(=O)Nc2ccc3c(c2)[C@]2(O[C@@H](CC(=O)N4Cc5ccccc5C[C@H]4CO)[C@H]([Si](C)(C)O)[C@H]2C)C(=O)N3C/C=C(\C)CCC=C(C)C)cc1. The summed E-state index contributed by atoms with van der Waals surface area (Å²) in [4.78, 5) is 58.0. The molecule has 5 atom stereocenters. The zero-order chi connectivity index (χ0) is 39.7. The monoisotopic (exact) mass is 765 g/mol. The van der Waals surface area contributed by atoms with Crippen molar-refractivity contribution in [3.05, 3.63) is 112 Å². The number of hydrogen-bond acceptors (Lipinski definition) is 7. The predicted octanol–water partition coefficient (Wildman–Crippen LogP) is 7.12. The Morgan fingerprint density at radius 1 is 1.04 bits per heavy atom. The van der Waals surface area contributed by atoms with Gasteiger partial charge in [0.1, 0.15) is 5.75 Å². The highest BCUT2D eigenvalue weighted by atomic mass is 28.4. The Hall–Kier alpha value is -4.55.